The summed E-state index contributed by atoms with van der Waals surface area (Å²) in [7, 11) is 0. The van der Waals surface area contributed by atoms with Gasteiger partial charge in [-0.05, 0) is 49.1 Å². The number of urea groups is 1. The molecule has 6 nitrogen and oxygen atoms in total. The van der Waals surface area contributed by atoms with Crippen LogP contribution in [0.5, 0.6) is 0 Å². The minimum absolute atomic E-state index is 0.0716. The highest BCUT2D eigenvalue weighted by molar-refractivity contribution is 5.95. The first kappa shape index (κ1) is 17.1. The van der Waals surface area contributed by atoms with Crippen molar-refractivity contribution in [3.63, 3.8) is 0 Å². The SMILES string of the molecule is Cc1ccc([C@]23C[C@H]2CN(C(=O)NNC(=O)c2ccc(C#N)cc2)C3)cc1. The normalized spacial score (nSPS) is 22.5. The lowest BCUT2D eigenvalue weighted by Crippen LogP contribution is -2.49. The van der Waals surface area contributed by atoms with Crippen LogP contribution in [-0.2, 0) is 5.41 Å². The second kappa shape index (κ2) is 6.44. The van der Waals surface area contributed by atoms with Crippen molar-refractivity contribution >= 4 is 11.9 Å². The van der Waals surface area contributed by atoms with Crippen LogP contribution in [0.3, 0.4) is 0 Å². The average molecular weight is 360 g/mol. The van der Waals surface area contributed by atoms with E-state index in [0.29, 0.717) is 30.1 Å². The number of benzene rings is 2. The molecule has 27 heavy (non-hydrogen) atoms. The summed E-state index contributed by atoms with van der Waals surface area (Å²) < 4.78 is 0. The molecule has 4 rings (SSSR count). The Morgan fingerprint density at radius 1 is 1.11 bits per heavy atom. The zero-order chi connectivity index (χ0) is 19.0. The molecule has 1 aliphatic heterocycles. The fourth-order valence-corrected chi connectivity index (χ4v) is 3.93. The number of nitrogens with zero attached hydrogens (tertiary/aromatic N) is 2. The summed E-state index contributed by atoms with van der Waals surface area (Å²) in [5.41, 5.74) is 8.38. The maximum atomic E-state index is 12.4. The van der Waals surface area contributed by atoms with E-state index < -0.39 is 5.91 Å². The van der Waals surface area contributed by atoms with Gasteiger partial charge in [0.1, 0.15) is 0 Å². The van der Waals surface area contributed by atoms with Gasteiger partial charge in [0.05, 0.1) is 11.6 Å². The molecule has 1 heterocycles. The molecule has 2 aromatic carbocycles. The molecular weight excluding hydrogens is 340 g/mol. The van der Waals surface area contributed by atoms with Crippen molar-refractivity contribution in [2.45, 2.75) is 18.8 Å². The van der Waals surface area contributed by atoms with Gasteiger partial charge in [-0.2, -0.15) is 5.26 Å². The number of likely N-dealkylation sites (tertiary alicyclic amines) is 1. The number of nitriles is 1. The maximum absolute atomic E-state index is 12.4. The minimum Gasteiger partial charge on any atom is -0.322 e. The molecule has 0 spiro atoms. The predicted octanol–water partition coefficient (Wildman–Crippen LogP) is 2.49. The summed E-state index contributed by atoms with van der Waals surface area (Å²) in [6.45, 7) is 3.43. The molecule has 2 fully saturated rings. The monoisotopic (exact) mass is 360 g/mol. The van der Waals surface area contributed by atoms with Crippen molar-refractivity contribution in [1.82, 2.24) is 15.8 Å². The molecular formula is C21H20N4O2. The van der Waals surface area contributed by atoms with Crippen LogP contribution in [-0.4, -0.2) is 29.9 Å². The number of hydrazine groups is 1. The molecule has 1 saturated heterocycles. The molecule has 1 saturated carbocycles. The van der Waals surface area contributed by atoms with Crippen LogP contribution in [0.4, 0.5) is 4.79 Å². The molecule has 0 bridgehead atoms. The van der Waals surface area contributed by atoms with Crippen molar-refractivity contribution < 1.29 is 9.59 Å². The Morgan fingerprint density at radius 2 is 1.81 bits per heavy atom. The number of carbonyl (C=O) groups is 2. The highest BCUT2D eigenvalue weighted by Crippen LogP contribution is 2.58. The Balaban J connectivity index is 1.34. The lowest BCUT2D eigenvalue weighted by Gasteiger charge is -2.22. The van der Waals surface area contributed by atoms with Crippen molar-refractivity contribution in [3.8, 4) is 6.07 Å². The van der Waals surface area contributed by atoms with Crippen molar-refractivity contribution in [3.05, 3.63) is 70.8 Å². The van der Waals surface area contributed by atoms with E-state index in [9.17, 15) is 9.59 Å². The summed E-state index contributed by atoms with van der Waals surface area (Å²) in [5.74, 6) is 0.0747. The number of nitrogens with one attached hydrogen (secondary N) is 2. The van der Waals surface area contributed by atoms with E-state index in [1.165, 1.54) is 11.1 Å². The Morgan fingerprint density at radius 3 is 2.48 bits per heavy atom. The predicted molar refractivity (Wildman–Crippen MR) is 99.7 cm³/mol. The van der Waals surface area contributed by atoms with Crippen molar-refractivity contribution in [1.29, 1.82) is 5.26 Å². The molecule has 2 aromatic rings. The molecule has 6 heteroatoms. The molecule has 0 aromatic heterocycles. The molecule has 3 amide bonds. The number of rotatable bonds is 2. The van der Waals surface area contributed by atoms with Crippen LogP contribution in [0.25, 0.3) is 0 Å². The molecule has 1 aliphatic carbocycles. The smallest absolute Gasteiger partial charge is 0.322 e. The van der Waals surface area contributed by atoms with Crippen LogP contribution in [0.2, 0.25) is 0 Å². The van der Waals surface area contributed by atoms with Gasteiger partial charge in [-0.25, -0.2) is 10.2 Å². The van der Waals surface area contributed by atoms with E-state index in [1.54, 1.807) is 29.2 Å². The van der Waals surface area contributed by atoms with Crippen molar-refractivity contribution in [2.24, 2.45) is 5.92 Å². The highest BCUT2D eigenvalue weighted by Gasteiger charge is 2.61. The summed E-state index contributed by atoms with van der Waals surface area (Å²) in [5, 5.41) is 8.79. The third-order valence-electron chi connectivity index (χ3n) is 5.62. The van der Waals surface area contributed by atoms with Gasteiger partial charge in [0.25, 0.3) is 5.91 Å². The van der Waals surface area contributed by atoms with Gasteiger partial charge in [0.2, 0.25) is 0 Å². The number of hydrogen-bond donors (Lipinski definition) is 2. The van der Waals surface area contributed by atoms with Crippen LogP contribution in [0.15, 0.2) is 48.5 Å². The van der Waals surface area contributed by atoms with Gasteiger partial charge in [-0.3, -0.25) is 10.2 Å². The van der Waals surface area contributed by atoms with Gasteiger partial charge >= 0.3 is 6.03 Å². The quantitative estimate of drug-likeness (QED) is 0.807. The first-order valence-electron chi connectivity index (χ1n) is 8.94. The lowest BCUT2D eigenvalue weighted by molar-refractivity contribution is 0.0930. The van der Waals surface area contributed by atoms with Gasteiger partial charge in [-0.15, -0.1) is 0 Å². The van der Waals surface area contributed by atoms with E-state index in [4.69, 9.17) is 5.26 Å². The van der Waals surface area contributed by atoms with Gasteiger partial charge < -0.3 is 4.90 Å². The summed E-state index contributed by atoms with van der Waals surface area (Å²) >= 11 is 0. The van der Waals surface area contributed by atoms with E-state index in [1.807, 2.05) is 6.07 Å². The molecule has 0 unspecified atom stereocenters. The van der Waals surface area contributed by atoms with E-state index >= 15 is 0 Å². The Kier molecular flexibility index (Phi) is 4.08. The standard InChI is InChI=1S/C21H20N4O2/c1-14-2-8-17(9-3-14)21-10-18(21)12-25(13-21)20(27)24-23-19(26)16-6-4-15(11-22)5-7-16/h2-9,18H,10,12-13H2,1H3,(H,23,26)(H,24,27)/t18-,21+/m0/s1. The fourth-order valence-electron chi connectivity index (χ4n) is 3.93. The van der Waals surface area contributed by atoms with Crippen LogP contribution in [0, 0.1) is 24.2 Å². The maximum Gasteiger partial charge on any atom is 0.336 e. The average Bonchev–Trinajstić information content (AvgIpc) is 3.27. The minimum atomic E-state index is -0.412. The third kappa shape index (κ3) is 3.13. The van der Waals surface area contributed by atoms with Gasteiger partial charge in [-0.1, -0.05) is 29.8 Å². The molecule has 2 aliphatic rings. The number of hydrogen-bond acceptors (Lipinski definition) is 3. The summed E-state index contributed by atoms with van der Waals surface area (Å²) in [6.07, 6.45) is 1.11. The van der Waals surface area contributed by atoms with E-state index in [2.05, 4.69) is 42.0 Å². The summed E-state index contributed by atoms with van der Waals surface area (Å²) in [4.78, 5) is 26.3. The number of fused-ring (bicyclic) bond motifs is 1. The van der Waals surface area contributed by atoms with Gasteiger partial charge in [0.15, 0.2) is 0 Å². The van der Waals surface area contributed by atoms with E-state index in [0.717, 1.165) is 6.42 Å². The number of piperidine rings is 1. The first-order chi connectivity index (χ1) is 13.0. The molecule has 2 atom stereocenters. The second-order valence-corrected chi connectivity index (χ2v) is 7.38. The topological polar surface area (TPSA) is 85.2 Å². The largest absolute Gasteiger partial charge is 0.336 e. The van der Waals surface area contributed by atoms with E-state index in [-0.39, 0.29) is 11.4 Å². The Hall–Kier alpha value is -3.33. The first-order valence-corrected chi connectivity index (χ1v) is 8.94. The van der Waals surface area contributed by atoms with Crippen LogP contribution < -0.4 is 10.9 Å². The van der Waals surface area contributed by atoms with Crippen molar-refractivity contribution in [2.75, 3.05) is 13.1 Å². The zero-order valence-electron chi connectivity index (χ0n) is 15.0. The summed E-state index contributed by atoms with van der Waals surface area (Å²) in [6, 6.07) is 16.5. The second-order valence-electron chi connectivity index (χ2n) is 7.38. The van der Waals surface area contributed by atoms with Gasteiger partial charge in [0, 0.05) is 24.1 Å². The number of carbonyl (C=O) groups excluding carboxylic acids is 2. The van der Waals surface area contributed by atoms with Crippen LogP contribution in [0.1, 0.15) is 33.5 Å². The van der Waals surface area contributed by atoms with Crippen LogP contribution >= 0.6 is 0 Å². The molecule has 2 N–H and O–H groups in total. The third-order valence-corrected chi connectivity index (χ3v) is 5.62. The molecule has 136 valence electrons. The zero-order valence-corrected chi connectivity index (χ0v) is 15.0. The number of amides is 3. The number of aryl methyl sites for hydroxylation is 1. The highest BCUT2D eigenvalue weighted by atomic mass is 16.2. The molecule has 0 radical (unpaired) electrons. The Labute approximate surface area is 157 Å². The fraction of sp³-hybridized carbons (Fsp3) is 0.286. The Bertz CT molecular complexity index is 930. The lowest BCUT2D eigenvalue weighted by atomic mass is 9.94.